The molecule has 6 heteroatoms. The molecule has 1 aromatic heterocycles. The Morgan fingerprint density at radius 2 is 1.96 bits per heavy atom. The predicted molar refractivity (Wildman–Crippen MR) is 97.8 cm³/mol. The third-order valence-electron chi connectivity index (χ3n) is 4.46. The Balaban J connectivity index is 1.77. The molecule has 0 unspecified atom stereocenters. The van der Waals surface area contributed by atoms with Crippen molar-refractivity contribution >= 4 is 17.6 Å². The molecule has 1 fully saturated rings. The third-order valence-corrected chi connectivity index (χ3v) is 4.46. The molecule has 0 saturated carbocycles. The number of pyridine rings is 1. The molecule has 6 nitrogen and oxygen atoms in total. The van der Waals surface area contributed by atoms with E-state index in [0.717, 1.165) is 25.9 Å². The second-order valence-electron chi connectivity index (χ2n) is 6.23. The lowest BCUT2D eigenvalue weighted by molar-refractivity contribution is 0.0470. The van der Waals surface area contributed by atoms with Crippen molar-refractivity contribution in [3.8, 4) is 5.75 Å². The molecule has 0 spiro atoms. The van der Waals surface area contributed by atoms with Crippen molar-refractivity contribution in [1.82, 2.24) is 4.98 Å². The van der Waals surface area contributed by atoms with Crippen molar-refractivity contribution in [2.75, 3.05) is 25.1 Å². The maximum atomic E-state index is 12.6. The quantitative estimate of drug-likeness (QED) is 0.586. The van der Waals surface area contributed by atoms with E-state index >= 15 is 0 Å². The van der Waals surface area contributed by atoms with Gasteiger partial charge in [-0.25, -0.2) is 9.78 Å². The first-order valence-electron chi connectivity index (χ1n) is 8.65. The molecule has 1 aromatic carbocycles. The van der Waals surface area contributed by atoms with Crippen molar-refractivity contribution in [3.05, 3.63) is 53.2 Å². The molecule has 2 aromatic rings. The fourth-order valence-corrected chi connectivity index (χ4v) is 3.07. The summed E-state index contributed by atoms with van der Waals surface area (Å²) in [4.78, 5) is 30.7. The van der Waals surface area contributed by atoms with E-state index in [0.29, 0.717) is 28.3 Å². The molecule has 1 saturated heterocycles. The number of Topliss-reactive ketones (excluding diaryl/α,β-unsaturated/α-hetero) is 1. The zero-order valence-corrected chi connectivity index (χ0v) is 15.0. The van der Waals surface area contributed by atoms with Crippen LogP contribution in [0.15, 0.2) is 36.5 Å². The van der Waals surface area contributed by atoms with Gasteiger partial charge in [-0.2, -0.15) is 0 Å². The van der Waals surface area contributed by atoms with Gasteiger partial charge in [-0.15, -0.1) is 0 Å². The minimum absolute atomic E-state index is 0.0253. The van der Waals surface area contributed by atoms with E-state index in [4.69, 9.17) is 9.47 Å². The van der Waals surface area contributed by atoms with Crippen LogP contribution in [0.2, 0.25) is 0 Å². The zero-order chi connectivity index (χ0) is 18.5. The standard InChI is InChI=1S/C20H22N2O4/c1-14(23)15-7-8-18(25-2)16(12-15)13-26-20(24)17-6-5-9-21-19(17)22-10-3-4-11-22/h5-9,12H,3-4,10-11,13H2,1-2H3. The zero-order valence-electron chi connectivity index (χ0n) is 15.0. The van der Waals surface area contributed by atoms with Gasteiger partial charge in [0.05, 0.1) is 7.11 Å². The third kappa shape index (κ3) is 3.85. The van der Waals surface area contributed by atoms with E-state index in [-0.39, 0.29) is 12.4 Å². The number of benzene rings is 1. The number of carbonyl (C=O) groups excluding carboxylic acids is 2. The molecular formula is C20H22N2O4. The lowest BCUT2D eigenvalue weighted by atomic mass is 10.1. The van der Waals surface area contributed by atoms with Crippen LogP contribution < -0.4 is 9.64 Å². The second-order valence-corrected chi connectivity index (χ2v) is 6.23. The van der Waals surface area contributed by atoms with Gasteiger partial charge < -0.3 is 14.4 Å². The Morgan fingerprint density at radius 3 is 2.65 bits per heavy atom. The summed E-state index contributed by atoms with van der Waals surface area (Å²) >= 11 is 0. The smallest absolute Gasteiger partial charge is 0.342 e. The number of rotatable bonds is 6. The van der Waals surface area contributed by atoms with Crippen LogP contribution in [0, 0.1) is 0 Å². The minimum Gasteiger partial charge on any atom is -0.496 e. The van der Waals surface area contributed by atoms with Crippen molar-refractivity contribution in [3.63, 3.8) is 0 Å². The molecular weight excluding hydrogens is 332 g/mol. The maximum Gasteiger partial charge on any atom is 0.342 e. The molecule has 2 heterocycles. The van der Waals surface area contributed by atoms with Crippen LogP contribution in [0.25, 0.3) is 0 Å². The molecule has 0 bridgehead atoms. The summed E-state index contributed by atoms with van der Waals surface area (Å²) in [5, 5.41) is 0. The van der Waals surface area contributed by atoms with Crippen molar-refractivity contribution in [1.29, 1.82) is 0 Å². The normalized spacial score (nSPS) is 13.5. The van der Waals surface area contributed by atoms with Crippen molar-refractivity contribution in [2.24, 2.45) is 0 Å². The lowest BCUT2D eigenvalue weighted by Crippen LogP contribution is -2.22. The molecule has 3 rings (SSSR count). The number of esters is 1. The number of carbonyl (C=O) groups is 2. The number of hydrogen-bond acceptors (Lipinski definition) is 6. The first-order valence-corrected chi connectivity index (χ1v) is 8.65. The fourth-order valence-electron chi connectivity index (χ4n) is 3.07. The summed E-state index contributed by atoms with van der Waals surface area (Å²) in [6, 6.07) is 8.55. The van der Waals surface area contributed by atoms with Gasteiger partial charge in [0, 0.05) is 30.4 Å². The van der Waals surface area contributed by atoms with Gasteiger partial charge >= 0.3 is 5.97 Å². The maximum absolute atomic E-state index is 12.6. The highest BCUT2D eigenvalue weighted by atomic mass is 16.5. The second kappa shape index (κ2) is 7.99. The molecule has 0 N–H and O–H groups in total. The Kier molecular flexibility index (Phi) is 5.51. The summed E-state index contributed by atoms with van der Waals surface area (Å²) < 4.78 is 10.8. The highest BCUT2D eigenvalue weighted by Crippen LogP contribution is 2.25. The molecule has 0 aliphatic carbocycles. The Hall–Kier alpha value is -2.89. The van der Waals surface area contributed by atoms with Crippen LogP contribution in [0.5, 0.6) is 5.75 Å². The summed E-state index contributed by atoms with van der Waals surface area (Å²) in [5.41, 5.74) is 1.66. The van der Waals surface area contributed by atoms with Crippen LogP contribution in [0.3, 0.4) is 0 Å². The summed E-state index contributed by atoms with van der Waals surface area (Å²) in [5.74, 6) is 0.757. The number of aromatic nitrogens is 1. The highest BCUT2D eigenvalue weighted by Gasteiger charge is 2.21. The largest absolute Gasteiger partial charge is 0.496 e. The van der Waals surface area contributed by atoms with Gasteiger partial charge in [0.15, 0.2) is 5.78 Å². The van der Waals surface area contributed by atoms with E-state index in [1.165, 1.54) is 6.92 Å². The molecule has 1 aliphatic heterocycles. The number of ketones is 1. The summed E-state index contributed by atoms with van der Waals surface area (Å²) in [7, 11) is 1.54. The van der Waals surface area contributed by atoms with Gasteiger partial charge in [-0.05, 0) is 50.1 Å². The van der Waals surface area contributed by atoms with Gasteiger partial charge in [-0.3, -0.25) is 4.79 Å². The molecule has 0 atom stereocenters. The van der Waals surface area contributed by atoms with Gasteiger partial charge in [0.1, 0.15) is 23.7 Å². The van der Waals surface area contributed by atoms with E-state index in [1.54, 1.807) is 43.6 Å². The van der Waals surface area contributed by atoms with Crippen molar-refractivity contribution < 1.29 is 19.1 Å². The summed E-state index contributed by atoms with van der Waals surface area (Å²) in [6.45, 7) is 3.31. The average molecular weight is 354 g/mol. The lowest BCUT2D eigenvalue weighted by Gasteiger charge is -2.19. The molecule has 0 radical (unpaired) electrons. The van der Waals surface area contributed by atoms with Crippen LogP contribution in [0.1, 0.15) is 46.0 Å². The first kappa shape index (κ1) is 17.9. The molecule has 136 valence electrons. The van der Waals surface area contributed by atoms with Crippen LogP contribution >= 0.6 is 0 Å². The fraction of sp³-hybridized carbons (Fsp3) is 0.350. The van der Waals surface area contributed by atoms with Crippen LogP contribution in [-0.4, -0.2) is 36.9 Å². The number of anilines is 1. The minimum atomic E-state index is -0.435. The number of hydrogen-bond donors (Lipinski definition) is 0. The SMILES string of the molecule is COc1ccc(C(C)=O)cc1COC(=O)c1cccnc1N1CCCC1. The van der Waals surface area contributed by atoms with Crippen LogP contribution in [0.4, 0.5) is 5.82 Å². The monoisotopic (exact) mass is 354 g/mol. The molecule has 0 amide bonds. The Labute approximate surface area is 152 Å². The van der Waals surface area contributed by atoms with Gasteiger partial charge in [0.2, 0.25) is 0 Å². The first-order chi connectivity index (χ1) is 12.6. The number of methoxy groups -OCH3 is 1. The van der Waals surface area contributed by atoms with Crippen LogP contribution in [-0.2, 0) is 11.3 Å². The number of ether oxygens (including phenoxy) is 2. The highest BCUT2D eigenvalue weighted by molar-refractivity contribution is 5.95. The van der Waals surface area contributed by atoms with Gasteiger partial charge in [-0.1, -0.05) is 0 Å². The van der Waals surface area contributed by atoms with Crippen molar-refractivity contribution in [2.45, 2.75) is 26.4 Å². The van der Waals surface area contributed by atoms with E-state index in [2.05, 4.69) is 9.88 Å². The number of nitrogens with zero attached hydrogens (tertiary/aromatic N) is 2. The average Bonchev–Trinajstić information content (AvgIpc) is 3.20. The topological polar surface area (TPSA) is 68.7 Å². The molecule has 26 heavy (non-hydrogen) atoms. The molecule has 1 aliphatic rings. The van der Waals surface area contributed by atoms with E-state index in [9.17, 15) is 9.59 Å². The summed E-state index contributed by atoms with van der Waals surface area (Å²) in [6.07, 6.45) is 3.88. The Morgan fingerprint density at radius 1 is 1.19 bits per heavy atom. The van der Waals surface area contributed by atoms with Gasteiger partial charge in [0.25, 0.3) is 0 Å². The van der Waals surface area contributed by atoms with E-state index in [1.807, 2.05) is 0 Å². The Bertz CT molecular complexity index is 813. The van der Waals surface area contributed by atoms with E-state index < -0.39 is 5.97 Å². The predicted octanol–water partition coefficient (Wildman–Crippen LogP) is 3.25.